The molecule has 596 valence electrons. The Bertz CT molecular complexity index is 6080. The number of anilines is 5. The monoisotopic (exact) mass is 1680 g/mol. The van der Waals surface area contributed by atoms with Crippen LogP contribution in [0.3, 0.4) is 0 Å². The average molecular weight is 1690 g/mol. The van der Waals surface area contributed by atoms with E-state index in [1.807, 2.05) is 42.5 Å². The Labute approximate surface area is 657 Å². The number of alkyl halides is 12. The highest BCUT2D eigenvalue weighted by atomic mass is 79.9. The third-order valence-corrected chi connectivity index (χ3v) is 16.3. The topological polar surface area (TPSA) is 310 Å². The van der Waals surface area contributed by atoms with Crippen molar-refractivity contribution in [3.05, 3.63) is 282 Å². The van der Waals surface area contributed by atoms with Gasteiger partial charge in [0.1, 0.15) is 67.2 Å². The number of pyridine rings is 7. The second kappa shape index (κ2) is 35.7. The van der Waals surface area contributed by atoms with Gasteiger partial charge < -0.3 is 44.7 Å². The van der Waals surface area contributed by atoms with Crippen LogP contribution in [0.2, 0.25) is 0 Å². The molecule has 41 heteroatoms. The maximum Gasteiger partial charge on any atom is 0.433 e. The molecular weight excluding hydrogens is 1630 g/mol. The number of para-hydroxylation sites is 1. The molecule has 117 heavy (non-hydrogen) atoms. The number of H-pyrrole nitrogens is 1. The molecule has 0 saturated heterocycles. The molecule has 0 fully saturated rings. The first kappa shape index (κ1) is 82.1. The summed E-state index contributed by atoms with van der Waals surface area (Å²) in [5.74, 6) is 0.374. The number of aromatic nitrogens is 19. The quantitative estimate of drug-likeness (QED) is 0.0547. The Hall–Kier alpha value is -14.4. The van der Waals surface area contributed by atoms with Crippen molar-refractivity contribution in [3.63, 3.8) is 0 Å². The van der Waals surface area contributed by atoms with Crippen LogP contribution in [-0.2, 0) is 37.8 Å². The summed E-state index contributed by atoms with van der Waals surface area (Å²) >= 11 is 2.84. The van der Waals surface area contributed by atoms with Crippen molar-refractivity contribution in [2.75, 3.05) is 30.6 Å². The smallest absolute Gasteiger partial charge is 0.433 e. The number of fused-ring (bicyclic) bond motifs is 3. The molecule has 16 aromatic rings. The molecule has 5 N–H and O–H groups in total. The van der Waals surface area contributed by atoms with Gasteiger partial charge in [-0.15, -0.1) is 0 Å². The summed E-state index contributed by atoms with van der Waals surface area (Å²) < 4.78 is 214. The summed E-state index contributed by atoms with van der Waals surface area (Å²) in [5, 5.41) is 5.62. The van der Waals surface area contributed by atoms with Gasteiger partial charge in [0.2, 0.25) is 0 Å². The highest BCUT2D eigenvalue weighted by Crippen LogP contribution is 2.37. The molecule has 0 radical (unpaired) electrons. The van der Waals surface area contributed by atoms with Gasteiger partial charge in [0, 0.05) is 18.6 Å². The minimum Gasteiger partial charge on any atom is -0.497 e. The van der Waals surface area contributed by atoms with Gasteiger partial charge in [-0.2, -0.15) is 57.7 Å². The molecule has 0 saturated carbocycles. The number of nitrogens with two attached hydrogens (primary N) is 1. The zero-order valence-corrected chi connectivity index (χ0v) is 61.3. The van der Waals surface area contributed by atoms with Gasteiger partial charge in [0.05, 0.1) is 81.9 Å². The lowest BCUT2D eigenvalue weighted by Gasteiger charge is -2.11. The molecule has 0 aliphatic rings. The molecule has 0 unspecified atom stereocenters. The summed E-state index contributed by atoms with van der Waals surface area (Å²) in [6, 6.07) is 42.1. The minimum atomic E-state index is -4.64. The fraction of sp³-hybridized carbons (Fsp3) is 0.105. The summed E-state index contributed by atoms with van der Waals surface area (Å²) in [7, 11) is 3.16. The molecule has 0 spiro atoms. The molecular formula is C76H52BrF15N22O3. The number of aromatic amines is 1. The molecule has 3 aromatic carbocycles. The number of imidazole rings is 3. The Morgan fingerprint density at radius 2 is 0.846 bits per heavy atom. The molecule has 0 atom stereocenters. The largest absolute Gasteiger partial charge is 0.497 e. The predicted molar refractivity (Wildman–Crippen MR) is 398 cm³/mol. The number of rotatable bonds is 15. The Morgan fingerprint density at radius 1 is 0.419 bits per heavy atom. The van der Waals surface area contributed by atoms with Crippen LogP contribution in [0.4, 0.5) is 94.6 Å². The number of benzene rings is 3. The highest BCUT2D eigenvalue weighted by molar-refractivity contribution is 9.10. The van der Waals surface area contributed by atoms with Crippen molar-refractivity contribution in [1.82, 2.24) is 93.9 Å². The summed E-state index contributed by atoms with van der Waals surface area (Å²) in [4.78, 5) is 66.7. The van der Waals surface area contributed by atoms with E-state index in [4.69, 9.17) is 19.9 Å². The van der Waals surface area contributed by atoms with Gasteiger partial charge >= 0.3 is 24.7 Å². The van der Waals surface area contributed by atoms with Crippen molar-refractivity contribution in [2.45, 2.75) is 37.8 Å². The van der Waals surface area contributed by atoms with Crippen LogP contribution in [0.15, 0.2) is 231 Å². The van der Waals surface area contributed by atoms with Crippen LogP contribution in [0, 0.1) is 17.5 Å². The molecule has 25 nitrogen and oxygen atoms in total. The second-order valence-electron chi connectivity index (χ2n) is 23.9. The van der Waals surface area contributed by atoms with E-state index in [1.54, 1.807) is 66.1 Å². The molecule has 13 heterocycles. The lowest BCUT2D eigenvalue weighted by atomic mass is 10.2. The third-order valence-electron chi connectivity index (χ3n) is 15.8. The second-order valence-corrected chi connectivity index (χ2v) is 24.7. The van der Waals surface area contributed by atoms with Gasteiger partial charge in [0.25, 0.3) is 5.88 Å². The van der Waals surface area contributed by atoms with Crippen LogP contribution >= 0.6 is 15.9 Å². The number of hydrogen-bond acceptors (Lipinski definition) is 22. The van der Waals surface area contributed by atoms with Gasteiger partial charge in [-0.3, -0.25) is 15.0 Å². The maximum absolute atomic E-state index is 14.3. The van der Waals surface area contributed by atoms with E-state index in [2.05, 4.69) is 111 Å². The fourth-order valence-corrected chi connectivity index (χ4v) is 10.6. The van der Waals surface area contributed by atoms with E-state index in [-0.39, 0.29) is 79.4 Å². The molecule has 16 rings (SSSR count). The van der Waals surface area contributed by atoms with E-state index < -0.39 is 64.9 Å². The number of halogens is 16. The van der Waals surface area contributed by atoms with E-state index >= 15 is 0 Å². The molecule has 13 aromatic heterocycles. The zero-order chi connectivity index (χ0) is 83.2. The Morgan fingerprint density at radius 3 is 1.29 bits per heavy atom. The number of nitrogens with one attached hydrogen (secondary N) is 3. The predicted octanol–water partition coefficient (Wildman–Crippen LogP) is 18.4. The SMILES string of the molecule is COc1ccc(Cn2cnc3c(Nc4ccncc4F)nc(-c4cccc(C(F)(F)F)n4)nc32)cc1.COc1ccc(Cn2cnc3c(Oc4ccccc4)nc(-c4cccc(C(F)(F)F)n4)nc32)cc1.FC(F)(F)c1cccc(Br)n1.Fc1cnccc1Nc1nc(-c2cccc(C(F)(F)F)n2)nc2nc[nH]c12.Nc1ccncc1F. The molecule has 0 bridgehead atoms. The van der Waals surface area contributed by atoms with Gasteiger partial charge in [-0.05, 0) is 130 Å². The lowest BCUT2D eigenvalue weighted by molar-refractivity contribution is -0.142. The van der Waals surface area contributed by atoms with Gasteiger partial charge in [0.15, 0.2) is 74.5 Å². The zero-order valence-electron chi connectivity index (χ0n) is 59.7. The normalized spacial score (nSPS) is 11.4. The van der Waals surface area contributed by atoms with Crippen LogP contribution in [0.5, 0.6) is 23.1 Å². The number of ether oxygens (including phenoxy) is 3. The van der Waals surface area contributed by atoms with Crippen molar-refractivity contribution < 1.29 is 80.1 Å². The van der Waals surface area contributed by atoms with E-state index in [1.165, 1.54) is 98.0 Å². The first-order chi connectivity index (χ1) is 55.9. The van der Waals surface area contributed by atoms with E-state index in [0.717, 1.165) is 59.7 Å². The van der Waals surface area contributed by atoms with Crippen LogP contribution in [0.25, 0.3) is 68.0 Å². The summed E-state index contributed by atoms with van der Waals surface area (Å²) in [6.07, 6.45) is -6.40. The molecule has 0 aliphatic carbocycles. The fourth-order valence-electron chi connectivity index (χ4n) is 10.3. The van der Waals surface area contributed by atoms with Crippen LogP contribution in [0.1, 0.15) is 33.9 Å². The van der Waals surface area contributed by atoms with Crippen molar-refractivity contribution in [2.24, 2.45) is 0 Å². The van der Waals surface area contributed by atoms with Gasteiger partial charge in [-0.25, -0.2) is 73.0 Å². The van der Waals surface area contributed by atoms with Crippen molar-refractivity contribution in [1.29, 1.82) is 0 Å². The van der Waals surface area contributed by atoms with Crippen LogP contribution in [-0.4, -0.2) is 108 Å². The van der Waals surface area contributed by atoms with E-state index in [0.29, 0.717) is 52.4 Å². The van der Waals surface area contributed by atoms with Crippen LogP contribution < -0.4 is 30.6 Å². The number of hydrogen-bond donors (Lipinski definition) is 4. The molecule has 0 amide bonds. The standard InChI is InChI=1S/C25H18F3N5O2.C24H17F4N7O.C16H9F4N7.C6H3BrF3N.C5H5FN2/c1-34-17-12-10-16(11-13-17)14-33-15-29-21-23(33)31-22(19-8-5-9-20(30-19)25(26,27)28)32-24(21)35-18-6-3-2-4-7-18;1-36-15-7-5-14(6-8-15)12-35-13-30-20-22(32-17-9-10-29-11-16(17)25)33-21(34-23(20)35)18-3-2-4-19(31-18)24(26,27)28;17-8-6-21-5-4-9(8)25-15-12-14(23-7-22-12)26-13(27-15)10-2-1-3-11(24-10)16(18,19)20;7-5-3-1-2-4(11-5)6(8,9)10;6-4-3-8-2-1-5(4)7/h2-13,15H,14H2,1H3;2-11,13H,12H2,1H3,(H,29,32,33,34);1-7H,(H2,21,22,23,25,26,27);1-3H;1-3H,(H2,7,8). The van der Waals surface area contributed by atoms with Crippen molar-refractivity contribution in [3.8, 4) is 57.7 Å². The number of nitrogen functional groups attached to an aromatic ring is 1. The number of nitrogens with zero attached hydrogens (tertiary/aromatic N) is 18. The third kappa shape index (κ3) is 21.1. The summed E-state index contributed by atoms with van der Waals surface area (Å²) in [6.45, 7) is 0.772. The Balaban J connectivity index is 0.000000146. The van der Waals surface area contributed by atoms with Gasteiger partial charge in [-0.1, -0.05) is 66.7 Å². The minimum absolute atomic E-state index is 0.00832. The molecule has 0 aliphatic heterocycles. The first-order valence-electron chi connectivity index (χ1n) is 33.5. The highest BCUT2D eigenvalue weighted by Gasteiger charge is 2.36. The van der Waals surface area contributed by atoms with E-state index in [9.17, 15) is 65.9 Å². The number of methoxy groups -OCH3 is 2. The maximum atomic E-state index is 14.3. The Kier molecular flexibility index (Phi) is 25.1. The lowest BCUT2D eigenvalue weighted by Crippen LogP contribution is -2.09. The average Bonchev–Trinajstić information content (AvgIpc) is 1.72. The van der Waals surface area contributed by atoms with Crippen molar-refractivity contribution >= 4 is 78.1 Å². The summed E-state index contributed by atoms with van der Waals surface area (Å²) in [5.41, 5.74) is 4.93. The first-order valence-corrected chi connectivity index (χ1v) is 34.3.